The van der Waals surface area contributed by atoms with Crippen molar-refractivity contribution in [1.82, 2.24) is 14.7 Å². The number of halogens is 1. The smallest absolute Gasteiger partial charge is 0.261 e. The minimum absolute atomic E-state index is 0.0138. The van der Waals surface area contributed by atoms with Gasteiger partial charge in [-0.15, -0.1) is 0 Å². The highest BCUT2D eigenvalue weighted by Crippen LogP contribution is 2.37. The molecule has 5 nitrogen and oxygen atoms in total. The fraction of sp³-hybridized carbons (Fsp3) is 0.444. The van der Waals surface area contributed by atoms with Gasteiger partial charge in [-0.2, -0.15) is 5.10 Å². The molecule has 1 amide bonds. The molecule has 0 unspecified atom stereocenters. The average Bonchev–Trinajstić information content (AvgIpc) is 3.11. The van der Waals surface area contributed by atoms with Crippen LogP contribution in [-0.4, -0.2) is 33.7 Å². The van der Waals surface area contributed by atoms with Crippen LogP contribution in [-0.2, 0) is 11.8 Å². The van der Waals surface area contributed by atoms with Crippen molar-refractivity contribution in [1.29, 1.82) is 0 Å². The number of aryl methyl sites for hydroxylation is 3. The Bertz CT molecular complexity index is 757. The summed E-state index contributed by atoms with van der Waals surface area (Å²) >= 11 is 6.39. The van der Waals surface area contributed by atoms with Gasteiger partial charge in [0.25, 0.3) is 5.91 Å². The molecule has 128 valence electrons. The number of benzene rings is 1. The minimum Gasteiger partial charge on any atom is -0.484 e. The molecule has 1 fully saturated rings. The molecular weight excluding hydrogens is 326 g/mol. The van der Waals surface area contributed by atoms with E-state index in [-0.39, 0.29) is 18.6 Å². The van der Waals surface area contributed by atoms with E-state index >= 15 is 0 Å². The summed E-state index contributed by atoms with van der Waals surface area (Å²) in [6.45, 7) is 4.67. The van der Waals surface area contributed by atoms with E-state index in [1.165, 1.54) is 0 Å². The van der Waals surface area contributed by atoms with Crippen LogP contribution in [0.2, 0.25) is 5.15 Å². The molecule has 2 aromatic rings. The third-order valence-corrected chi connectivity index (χ3v) is 5.00. The lowest BCUT2D eigenvalue weighted by Gasteiger charge is -2.25. The van der Waals surface area contributed by atoms with Gasteiger partial charge in [0, 0.05) is 19.2 Å². The van der Waals surface area contributed by atoms with Crippen LogP contribution in [0.4, 0.5) is 0 Å². The maximum absolute atomic E-state index is 12.7. The fourth-order valence-electron chi connectivity index (χ4n) is 3.33. The van der Waals surface area contributed by atoms with Crippen molar-refractivity contribution in [2.75, 3.05) is 13.2 Å². The van der Waals surface area contributed by atoms with E-state index < -0.39 is 0 Å². The Morgan fingerprint density at radius 2 is 2.12 bits per heavy atom. The van der Waals surface area contributed by atoms with Crippen molar-refractivity contribution in [3.8, 4) is 5.75 Å². The Morgan fingerprint density at radius 3 is 2.79 bits per heavy atom. The highest BCUT2D eigenvalue weighted by atomic mass is 35.5. The van der Waals surface area contributed by atoms with Gasteiger partial charge in [-0.3, -0.25) is 9.48 Å². The number of carbonyl (C=O) groups excluding carboxylic acids is 1. The quantitative estimate of drug-likeness (QED) is 0.851. The Morgan fingerprint density at radius 1 is 1.38 bits per heavy atom. The number of amides is 1. The third-order valence-electron chi connectivity index (χ3n) is 4.55. The van der Waals surface area contributed by atoms with E-state index in [9.17, 15) is 4.79 Å². The van der Waals surface area contributed by atoms with Gasteiger partial charge in [0.1, 0.15) is 10.9 Å². The molecule has 1 atom stereocenters. The Balaban J connectivity index is 1.73. The number of hydrogen-bond acceptors (Lipinski definition) is 3. The summed E-state index contributed by atoms with van der Waals surface area (Å²) in [4.78, 5) is 14.5. The lowest BCUT2D eigenvalue weighted by Crippen LogP contribution is -2.34. The molecule has 1 aromatic carbocycles. The molecular formula is C18H22ClN3O2. The van der Waals surface area contributed by atoms with Gasteiger partial charge in [0.15, 0.2) is 6.61 Å². The molecule has 0 radical (unpaired) electrons. The van der Waals surface area contributed by atoms with E-state index in [1.807, 2.05) is 50.1 Å². The molecule has 24 heavy (non-hydrogen) atoms. The number of ether oxygens (including phenoxy) is 1. The summed E-state index contributed by atoms with van der Waals surface area (Å²) in [5.74, 6) is 0.734. The van der Waals surface area contributed by atoms with Crippen molar-refractivity contribution in [2.45, 2.75) is 32.7 Å². The van der Waals surface area contributed by atoms with Crippen molar-refractivity contribution < 1.29 is 9.53 Å². The van der Waals surface area contributed by atoms with Crippen LogP contribution in [0.15, 0.2) is 24.3 Å². The minimum atomic E-state index is -0.0147. The van der Waals surface area contributed by atoms with Crippen LogP contribution in [0.1, 0.15) is 35.7 Å². The van der Waals surface area contributed by atoms with Gasteiger partial charge in [0.05, 0.1) is 11.7 Å². The average molecular weight is 348 g/mol. The number of carbonyl (C=O) groups is 1. The summed E-state index contributed by atoms with van der Waals surface area (Å²) in [6, 6.07) is 7.70. The number of aromatic nitrogens is 2. The largest absolute Gasteiger partial charge is 0.484 e. The molecule has 0 spiro atoms. The number of hydrogen-bond donors (Lipinski definition) is 0. The van der Waals surface area contributed by atoms with Crippen LogP contribution in [0.25, 0.3) is 0 Å². The molecule has 2 heterocycles. The first kappa shape index (κ1) is 16.8. The van der Waals surface area contributed by atoms with E-state index in [0.29, 0.717) is 5.15 Å². The van der Waals surface area contributed by atoms with Crippen molar-refractivity contribution >= 4 is 17.5 Å². The molecule has 0 bridgehead atoms. The summed E-state index contributed by atoms with van der Waals surface area (Å²) < 4.78 is 7.38. The first-order chi connectivity index (χ1) is 11.5. The lowest BCUT2D eigenvalue weighted by molar-refractivity contribution is -0.134. The second-order valence-corrected chi connectivity index (χ2v) is 6.57. The maximum atomic E-state index is 12.7. The first-order valence-electron chi connectivity index (χ1n) is 8.16. The zero-order chi connectivity index (χ0) is 17.3. The molecule has 0 aliphatic carbocycles. The molecule has 1 aliphatic heterocycles. The highest BCUT2D eigenvalue weighted by molar-refractivity contribution is 6.30. The van der Waals surface area contributed by atoms with Gasteiger partial charge in [-0.05, 0) is 38.3 Å². The summed E-state index contributed by atoms with van der Waals surface area (Å²) in [7, 11) is 1.82. The predicted octanol–water partition coefficient (Wildman–Crippen LogP) is 3.43. The van der Waals surface area contributed by atoms with Gasteiger partial charge < -0.3 is 9.64 Å². The molecule has 1 saturated heterocycles. The highest BCUT2D eigenvalue weighted by Gasteiger charge is 2.34. The molecule has 6 heteroatoms. The standard InChI is InChI=1S/C18H22ClN3O2/c1-12-7-4-5-9-15(12)24-11-16(23)22-10-6-8-14(22)17-13(2)20-21(3)18(17)19/h4-5,7,9,14H,6,8,10-11H2,1-3H3/t14-/m0/s1. The van der Waals surface area contributed by atoms with Crippen molar-refractivity contribution in [3.63, 3.8) is 0 Å². The first-order valence-corrected chi connectivity index (χ1v) is 8.53. The van der Waals surface area contributed by atoms with Crippen LogP contribution in [0, 0.1) is 13.8 Å². The Labute approximate surface area is 147 Å². The van der Waals surface area contributed by atoms with Crippen LogP contribution in [0.5, 0.6) is 5.75 Å². The molecule has 0 saturated carbocycles. The SMILES string of the molecule is Cc1ccccc1OCC(=O)N1CCC[C@H]1c1c(C)nn(C)c1Cl. The lowest BCUT2D eigenvalue weighted by atomic mass is 10.1. The molecule has 0 N–H and O–H groups in total. The van der Waals surface area contributed by atoms with E-state index in [4.69, 9.17) is 16.3 Å². The van der Waals surface area contributed by atoms with Gasteiger partial charge in [0.2, 0.25) is 0 Å². The number of para-hydroxylation sites is 1. The van der Waals surface area contributed by atoms with Crippen LogP contribution in [0.3, 0.4) is 0 Å². The normalized spacial score (nSPS) is 17.3. The van der Waals surface area contributed by atoms with Gasteiger partial charge >= 0.3 is 0 Å². The maximum Gasteiger partial charge on any atom is 0.261 e. The Kier molecular flexibility index (Phi) is 4.81. The van der Waals surface area contributed by atoms with E-state index in [1.54, 1.807) is 4.68 Å². The second-order valence-electron chi connectivity index (χ2n) is 6.21. The predicted molar refractivity (Wildman–Crippen MR) is 93.3 cm³/mol. The monoisotopic (exact) mass is 347 g/mol. The van der Waals surface area contributed by atoms with Crippen molar-refractivity contribution in [2.24, 2.45) is 7.05 Å². The third kappa shape index (κ3) is 3.13. The number of nitrogens with zero attached hydrogens (tertiary/aromatic N) is 3. The van der Waals surface area contributed by atoms with E-state index in [2.05, 4.69) is 5.10 Å². The molecule has 3 rings (SSSR count). The summed E-state index contributed by atoms with van der Waals surface area (Å²) in [6.07, 6.45) is 1.87. The zero-order valence-corrected chi connectivity index (χ0v) is 15.0. The zero-order valence-electron chi connectivity index (χ0n) is 14.3. The fourth-order valence-corrected chi connectivity index (χ4v) is 3.63. The number of likely N-dealkylation sites (tertiary alicyclic amines) is 1. The topological polar surface area (TPSA) is 47.4 Å². The van der Waals surface area contributed by atoms with E-state index in [0.717, 1.165) is 42.0 Å². The van der Waals surface area contributed by atoms with Crippen LogP contribution < -0.4 is 4.74 Å². The van der Waals surface area contributed by atoms with Crippen LogP contribution >= 0.6 is 11.6 Å². The Hall–Kier alpha value is -2.01. The molecule has 1 aliphatic rings. The van der Waals surface area contributed by atoms with Gasteiger partial charge in [-0.25, -0.2) is 0 Å². The number of rotatable bonds is 4. The van der Waals surface area contributed by atoms with Gasteiger partial charge in [-0.1, -0.05) is 29.8 Å². The summed E-state index contributed by atoms with van der Waals surface area (Å²) in [5, 5.41) is 4.98. The second kappa shape index (κ2) is 6.85. The molecule has 1 aromatic heterocycles. The summed E-state index contributed by atoms with van der Waals surface area (Å²) in [5.41, 5.74) is 2.86. The van der Waals surface area contributed by atoms with Crippen molar-refractivity contribution in [3.05, 3.63) is 46.2 Å².